The number of carbonyl (C=O) groups excluding carboxylic acids is 3. The Morgan fingerprint density at radius 3 is 2.89 bits per heavy atom. The zero-order valence-corrected chi connectivity index (χ0v) is 11.1. The molecule has 1 atom stereocenters. The minimum absolute atomic E-state index is 0.0344. The Kier molecular flexibility index (Phi) is 4.36. The Labute approximate surface area is 111 Å². The molecule has 2 fully saturated rings. The van der Waals surface area contributed by atoms with Gasteiger partial charge >= 0.3 is 6.03 Å². The largest absolute Gasteiger partial charge is 0.377 e. The lowest BCUT2D eigenvalue weighted by atomic mass is 10.1. The molecule has 19 heavy (non-hydrogen) atoms. The summed E-state index contributed by atoms with van der Waals surface area (Å²) < 4.78 is 5.38. The summed E-state index contributed by atoms with van der Waals surface area (Å²) in [5, 5.41) is 2.16. The molecule has 0 bridgehead atoms. The van der Waals surface area contributed by atoms with Crippen LogP contribution in [0, 0.1) is 0 Å². The number of rotatable bonds is 4. The lowest BCUT2D eigenvalue weighted by molar-refractivity contribution is -0.140. The van der Waals surface area contributed by atoms with E-state index in [4.69, 9.17) is 4.74 Å². The van der Waals surface area contributed by atoms with Crippen LogP contribution in [-0.2, 0) is 14.3 Å². The van der Waals surface area contributed by atoms with Crippen LogP contribution in [0.1, 0.15) is 19.8 Å². The molecule has 7 heteroatoms. The van der Waals surface area contributed by atoms with Crippen molar-refractivity contribution >= 4 is 17.8 Å². The van der Waals surface area contributed by atoms with Crippen LogP contribution in [0.5, 0.6) is 0 Å². The lowest BCUT2D eigenvalue weighted by Gasteiger charge is -2.36. The molecule has 2 aliphatic rings. The van der Waals surface area contributed by atoms with Crippen molar-refractivity contribution < 1.29 is 19.1 Å². The second-order valence-corrected chi connectivity index (χ2v) is 4.81. The van der Waals surface area contributed by atoms with Crippen molar-refractivity contribution in [2.75, 3.05) is 32.8 Å². The summed E-state index contributed by atoms with van der Waals surface area (Å²) in [7, 11) is 0. The number of urea groups is 1. The van der Waals surface area contributed by atoms with E-state index in [0.717, 1.165) is 12.8 Å². The number of hydrogen-bond donors (Lipinski definition) is 1. The van der Waals surface area contributed by atoms with Crippen molar-refractivity contribution in [2.24, 2.45) is 0 Å². The maximum atomic E-state index is 12.2. The number of hydrogen-bond acceptors (Lipinski definition) is 4. The monoisotopic (exact) mass is 269 g/mol. The lowest BCUT2D eigenvalue weighted by Crippen LogP contribution is -2.52. The quantitative estimate of drug-likeness (QED) is 0.702. The number of imide groups is 1. The average molecular weight is 269 g/mol. The molecule has 2 heterocycles. The van der Waals surface area contributed by atoms with E-state index in [-0.39, 0.29) is 30.9 Å². The van der Waals surface area contributed by atoms with Crippen molar-refractivity contribution in [3.05, 3.63) is 0 Å². The maximum absolute atomic E-state index is 12.2. The number of nitrogens with zero attached hydrogens (tertiary/aromatic N) is 2. The van der Waals surface area contributed by atoms with Crippen LogP contribution >= 0.6 is 0 Å². The first kappa shape index (κ1) is 13.8. The highest BCUT2D eigenvalue weighted by molar-refractivity contribution is 6.03. The van der Waals surface area contributed by atoms with E-state index in [0.29, 0.717) is 19.8 Å². The van der Waals surface area contributed by atoms with Gasteiger partial charge in [-0.15, -0.1) is 0 Å². The molecule has 1 N–H and O–H groups in total. The third kappa shape index (κ3) is 3.23. The van der Waals surface area contributed by atoms with Gasteiger partial charge in [0, 0.05) is 6.54 Å². The van der Waals surface area contributed by atoms with E-state index < -0.39 is 6.03 Å². The third-order valence-corrected chi connectivity index (χ3v) is 3.36. The van der Waals surface area contributed by atoms with Crippen LogP contribution in [-0.4, -0.2) is 66.5 Å². The second-order valence-electron chi connectivity index (χ2n) is 4.81. The Bertz CT molecular complexity index is 383. The van der Waals surface area contributed by atoms with Gasteiger partial charge in [0.25, 0.3) is 0 Å². The second kappa shape index (κ2) is 6.01. The van der Waals surface area contributed by atoms with Crippen LogP contribution in [0.3, 0.4) is 0 Å². The summed E-state index contributed by atoms with van der Waals surface area (Å²) >= 11 is 0. The standard InChI is InChI=1S/C12H19N3O4/c1-2-3-9-8-19-5-4-15(9)11(17)7-14-6-10(16)13-12(14)18/h9H,2-8H2,1H3,(H,13,16,18). The molecule has 0 aromatic carbocycles. The fourth-order valence-corrected chi connectivity index (χ4v) is 2.42. The first-order valence-corrected chi connectivity index (χ1v) is 6.57. The van der Waals surface area contributed by atoms with Crippen LogP contribution in [0.4, 0.5) is 4.79 Å². The zero-order chi connectivity index (χ0) is 13.8. The van der Waals surface area contributed by atoms with Crippen molar-refractivity contribution in [3.8, 4) is 0 Å². The van der Waals surface area contributed by atoms with Gasteiger partial charge in [-0.1, -0.05) is 13.3 Å². The molecule has 7 nitrogen and oxygen atoms in total. The molecular weight excluding hydrogens is 250 g/mol. The minimum atomic E-state index is -0.487. The molecule has 0 saturated carbocycles. The smallest absolute Gasteiger partial charge is 0.325 e. The number of carbonyl (C=O) groups is 3. The zero-order valence-electron chi connectivity index (χ0n) is 11.1. The molecular formula is C12H19N3O4. The van der Waals surface area contributed by atoms with E-state index in [1.54, 1.807) is 4.90 Å². The topological polar surface area (TPSA) is 79.0 Å². The summed E-state index contributed by atoms with van der Waals surface area (Å²) in [6.45, 7) is 3.60. The molecule has 2 rings (SSSR count). The van der Waals surface area contributed by atoms with Crippen molar-refractivity contribution in [1.82, 2.24) is 15.1 Å². The highest BCUT2D eigenvalue weighted by Gasteiger charge is 2.32. The Hall–Kier alpha value is -1.63. The van der Waals surface area contributed by atoms with Gasteiger partial charge < -0.3 is 14.5 Å². The third-order valence-electron chi connectivity index (χ3n) is 3.36. The van der Waals surface area contributed by atoms with E-state index in [1.807, 2.05) is 0 Å². The summed E-state index contributed by atoms with van der Waals surface area (Å²) in [4.78, 5) is 37.7. The van der Waals surface area contributed by atoms with Crippen LogP contribution in [0.15, 0.2) is 0 Å². The number of ether oxygens (including phenoxy) is 1. The predicted octanol–water partition coefficient (Wildman–Crippen LogP) is -0.434. The van der Waals surface area contributed by atoms with Crippen LogP contribution in [0.25, 0.3) is 0 Å². The van der Waals surface area contributed by atoms with Gasteiger partial charge in [0.1, 0.15) is 13.1 Å². The van der Waals surface area contributed by atoms with Crippen molar-refractivity contribution in [3.63, 3.8) is 0 Å². The molecule has 0 aromatic rings. The normalized spacial score (nSPS) is 23.7. The first-order valence-electron chi connectivity index (χ1n) is 6.57. The molecule has 0 spiro atoms. The van der Waals surface area contributed by atoms with Crippen LogP contribution < -0.4 is 5.32 Å². The van der Waals surface area contributed by atoms with E-state index in [2.05, 4.69) is 12.2 Å². The molecule has 0 aliphatic carbocycles. The Morgan fingerprint density at radius 1 is 1.47 bits per heavy atom. The predicted molar refractivity (Wildman–Crippen MR) is 66.3 cm³/mol. The SMILES string of the molecule is CCCC1COCCN1C(=O)CN1CC(=O)NC1=O. The fourth-order valence-electron chi connectivity index (χ4n) is 2.42. The maximum Gasteiger partial charge on any atom is 0.325 e. The number of amides is 4. The van der Waals surface area contributed by atoms with E-state index in [9.17, 15) is 14.4 Å². The van der Waals surface area contributed by atoms with Gasteiger partial charge in [-0.05, 0) is 6.42 Å². The summed E-state index contributed by atoms with van der Waals surface area (Å²) in [6, 6.07) is -0.411. The number of morpholine rings is 1. The summed E-state index contributed by atoms with van der Waals surface area (Å²) in [6.07, 6.45) is 1.86. The summed E-state index contributed by atoms with van der Waals surface area (Å²) in [5.41, 5.74) is 0. The van der Waals surface area contributed by atoms with Gasteiger partial charge in [-0.2, -0.15) is 0 Å². The van der Waals surface area contributed by atoms with Gasteiger partial charge in [0.2, 0.25) is 11.8 Å². The Morgan fingerprint density at radius 2 is 2.26 bits per heavy atom. The molecule has 106 valence electrons. The van der Waals surface area contributed by atoms with E-state index in [1.165, 1.54) is 4.90 Å². The van der Waals surface area contributed by atoms with Gasteiger partial charge in [-0.3, -0.25) is 14.9 Å². The molecule has 0 aromatic heterocycles. The summed E-state index contributed by atoms with van der Waals surface area (Å²) in [5.74, 6) is -0.475. The first-order chi connectivity index (χ1) is 9.11. The molecule has 0 radical (unpaired) electrons. The molecule has 2 aliphatic heterocycles. The highest BCUT2D eigenvalue weighted by atomic mass is 16.5. The average Bonchev–Trinajstić information content (AvgIpc) is 2.69. The molecule has 4 amide bonds. The van der Waals surface area contributed by atoms with Gasteiger partial charge in [-0.25, -0.2) is 4.79 Å². The molecule has 1 unspecified atom stereocenters. The van der Waals surface area contributed by atoms with Crippen molar-refractivity contribution in [2.45, 2.75) is 25.8 Å². The minimum Gasteiger partial charge on any atom is -0.377 e. The van der Waals surface area contributed by atoms with Gasteiger partial charge in [0.05, 0.1) is 19.3 Å². The fraction of sp³-hybridized carbons (Fsp3) is 0.750. The van der Waals surface area contributed by atoms with E-state index >= 15 is 0 Å². The van der Waals surface area contributed by atoms with Crippen LogP contribution in [0.2, 0.25) is 0 Å². The highest BCUT2D eigenvalue weighted by Crippen LogP contribution is 2.13. The number of nitrogens with one attached hydrogen (secondary N) is 1. The molecule has 2 saturated heterocycles. The Balaban J connectivity index is 1.94. The van der Waals surface area contributed by atoms with Crippen molar-refractivity contribution in [1.29, 1.82) is 0 Å². The van der Waals surface area contributed by atoms with Gasteiger partial charge in [0.15, 0.2) is 0 Å².